The lowest BCUT2D eigenvalue weighted by Gasteiger charge is -2.23. The Morgan fingerprint density at radius 2 is 1.81 bits per heavy atom. The molecule has 0 spiro atoms. The molecule has 0 aliphatic carbocycles. The second-order valence-corrected chi connectivity index (χ2v) is 5.44. The Morgan fingerprint density at radius 3 is 2.33 bits per heavy atom. The summed E-state index contributed by atoms with van der Waals surface area (Å²) in [5, 5.41) is 20.3. The van der Waals surface area contributed by atoms with Crippen molar-refractivity contribution in [2.45, 2.75) is 25.4 Å². The third kappa shape index (κ3) is 3.26. The molecule has 0 fully saturated rings. The van der Waals surface area contributed by atoms with Crippen LogP contribution in [0.5, 0.6) is 0 Å². The van der Waals surface area contributed by atoms with Crippen LogP contribution in [0.3, 0.4) is 0 Å². The molecule has 1 unspecified atom stereocenters. The second kappa shape index (κ2) is 6.29. The maximum absolute atomic E-state index is 11.3. The second-order valence-electron chi connectivity index (χ2n) is 5.00. The summed E-state index contributed by atoms with van der Waals surface area (Å²) in [5.74, 6) is -1.22. The molecule has 21 heavy (non-hydrogen) atoms. The van der Waals surface area contributed by atoms with Crippen LogP contribution in [-0.2, 0) is 10.4 Å². The van der Waals surface area contributed by atoms with E-state index in [2.05, 4.69) is 0 Å². The van der Waals surface area contributed by atoms with Crippen molar-refractivity contribution in [3.05, 3.63) is 59.1 Å². The molecule has 2 aromatic carbocycles. The standard InChI is InChI=1S/C17H17ClO3/c1-2-10-17(21,16(19)20)14-8-6-12(7-9-14)13-4-3-5-15(18)11-13/h3-9,11,21H,2,10H2,1H3,(H,19,20). The summed E-state index contributed by atoms with van der Waals surface area (Å²) in [4.78, 5) is 11.3. The number of halogens is 1. The molecule has 4 heteroatoms. The summed E-state index contributed by atoms with van der Waals surface area (Å²) in [6.45, 7) is 1.84. The van der Waals surface area contributed by atoms with E-state index in [1.54, 1.807) is 30.3 Å². The van der Waals surface area contributed by atoms with E-state index in [0.29, 0.717) is 17.0 Å². The molecule has 3 nitrogen and oxygen atoms in total. The molecule has 0 heterocycles. The van der Waals surface area contributed by atoms with Gasteiger partial charge in [0.15, 0.2) is 5.60 Å². The van der Waals surface area contributed by atoms with Crippen LogP contribution in [0.1, 0.15) is 25.3 Å². The third-order valence-electron chi connectivity index (χ3n) is 3.49. The molecule has 2 N–H and O–H groups in total. The number of rotatable bonds is 5. The highest BCUT2D eigenvalue weighted by molar-refractivity contribution is 6.30. The van der Waals surface area contributed by atoms with E-state index < -0.39 is 11.6 Å². The zero-order valence-electron chi connectivity index (χ0n) is 11.7. The zero-order chi connectivity index (χ0) is 15.5. The van der Waals surface area contributed by atoms with E-state index >= 15 is 0 Å². The predicted molar refractivity (Wildman–Crippen MR) is 83.3 cm³/mol. The fraction of sp³-hybridized carbons (Fsp3) is 0.235. The van der Waals surface area contributed by atoms with E-state index in [1.807, 2.05) is 25.1 Å². The first kappa shape index (κ1) is 15.5. The molecule has 0 amide bonds. The number of benzene rings is 2. The van der Waals surface area contributed by atoms with Crippen LogP contribution in [0.4, 0.5) is 0 Å². The molecular weight excluding hydrogens is 288 g/mol. The van der Waals surface area contributed by atoms with Gasteiger partial charge in [0.25, 0.3) is 0 Å². The average Bonchev–Trinajstić information content (AvgIpc) is 2.47. The van der Waals surface area contributed by atoms with Gasteiger partial charge >= 0.3 is 5.97 Å². The summed E-state index contributed by atoms with van der Waals surface area (Å²) in [5.41, 5.74) is 0.429. The van der Waals surface area contributed by atoms with Gasteiger partial charge in [0.2, 0.25) is 0 Å². The summed E-state index contributed by atoms with van der Waals surface area (Å²) in [6, 6.07) is 14.3. The minimum absolute atomic E-state index is 0.179. The quantitative estimate of drug-likeness (QED) is 0.875. The SMILES string of the molecule is CCCC(O)(C(=O)O)c1ccc(-c2cccc(Cl)c2)cc1. The summed E-state index contributed by atoms with van der Waals surface area (Å²) in [6.07, 6.45) is 0.762. The Kier molecular flexibility index (Phi) is 4.66. The Labute approximate surface area is 128 Å². The van der Waals surface area contributed by atoms with Crippen molar-refractivity contribution in [1.29, 1.82) is 0 Å². The first-order valence-corrected chi connectivity index (χ1v) is 7.17. The number of aliphatic hydroxyl groups is 1. The van der Waals surface area contributed by atoms with E-state index in [4.69, 9.17) is 11.6 Å². The Morgan fingerprint density at radius 1 is 1.14 bits per heavy atom. The minimum atomic E-state index is -1.83. The van der Waals surface area contributed by atoms with Crippen LogP contribution >= 0.6 is 11.6 Å². The highest BCUT2D eigenvalue weighted by atomic mass is 35.5. The van der Waals surface area contributed by atoms with Gasteiger partial charge < -0.3 is 10.2 Å². The Balaban J connectivity index is 2.36. The monoisotopic (exact) mass is 304 g/mol. The van der Waals surface area contributed by atoms with Crippen LogP contribution in [0.15, 0.2) is 48.5 Å². The van der Waals surface area contributed by atoms with Gasteiger partial charge in [-0.25, -0.2) is 4.79 Å². The smallest absolute Gasteiger partial charge is 0.340 e. The van der Waals surface area contributed by atoms with Gasteiger partial charge in [0.05, 0.1) is 0 Å². The molecule has 0 radical (unpaired) electrons. The maximum Gasteiger partial charge on any atom is 0.340 e. The van der Waals surface area contributed by atoms with Crippen LogP contribution < -0.4 is 0 Å². The number of carboxylic acids is 1. The van der Waals surface area contributed by atoms with E-state index in [9.17, 15) is 15.0 Å². The van der Waals surface area contributed by atoms with Gasteiger partial charge in [-0.3, -0.25) is 0 Å². The lowest BCUT2D eigenvalue weighted by molar-refractivity contribution is -0.160. The van der Waals surface area contributed by atoms with Crippen LogP contribution in [0, 0.1) is 0 Å². The van der Waals surface area contributed by atoms with Crippen molar-refractivity contribution in [2.75, 3.05) is 0 Å². The molecular formula is C17H17ClO3. The predicted octanol–water partition coefficient (Wildman–Crippen LogP) is 4.08. The first-order chi connectivity index (χ1) is 9.97. The Bertz CT molecular complexity index is 637. The fourth-order valence-electron chi connectivity index (χ4n) is 2.34. The number of carbonyl (C=O) groups is 1. The number of hydrogen-bond donors (Lipinski definition) is 2. The number of aliphatic carboxylic acids is 1. The summed E-state index contributed by atoms with van der Waals surface area (Å²) < 4.78 is 0. The topological polar surface area (TPSA) is 57.5 Å². The largest absolute Gasteiger partial charge is 0.479 e. The number of hydrogen-bond acceptors (Lipinski definition) is 2. The highest BCUT2D eigenvalue weighted by Gasteiger charge is 2.36. The molecule has 0 aromatic heterocycles. The molecule has 0 saturated heterocycles. The first-order valence-electron chi connectivity index (χ1n) is 6.79. The molecule has 0 aliphatic heterocycles. The summed E-state index contributed by atoms with van der Waals surface area (Å²) in [7, 11) is 0. The van der Waals surface area contributed by atoms with Gasteiger partial charge in [-0.05, 0) is 35.2 Å². The molecule has 110 valence electrons. The fourth-order valence-corrected chi connectivity index (χ4v) is 2.53. The van der Waals surface area contributed by atoms with Crippen LogP contribution in [0.2, 0.25) is 5.02 Å². The van der Waals surface area contributed by atoms with Gasteiger partial charge in [0.1, 0.15) is 0 Å². The summed E-state index contributed by atoms with van der Waals surface area (Å²) >= 11 is 5.96. The van der Waals surface area contributed by atoms with Crippen LogP contribution in [-0.4, -0.2) is 16.2 Å². The molecule has 0 aliphatic rings. The van der Waals surface area contributed by atoms with Crippen molar-refractivity contribution >= 4 is 17.6 Å². The van der Waals surface area contributed by atoms with Crippen molar-refractivity contribution in [1.82, 2.24) is 0 Å². The number of carboxylic acid groups (broad SMARTS) is 1. The van der Waals surface area contributed by atoms with Crippen molar-refractivity contribution in [3.8, 4) is 11.1 Å². The van der Waals surface area contributed by atoms with Gasteiger partial charge in [-0.2, -0.15) is 0 Å². The van der Waals surface area contributed by atoms with Gasteiger partial charge in [-0.1, -0.05) is 61.3 Å². The van der Waals surface area contributed by atoms with Crippen molar-refractivity contribution < 1.29 is 15.0 Å². The van der Waals surface area contributed by atoms with Gasteiger partial charge in [0, 0.05) is 5.02 Å². The molecule has 2 rings (SSSR count). The van der Waals surface area contributed by atoms with E-state index in [0.717, 1.165) is 11.1 Å². The maximum atomic E-state index is 11.3. The average molecular weight is 305 g/mol. The van der Waals surface area contributed by atoms with Crippen molar-refractivity contribution in [2.24, 2.45) is 0 Å². The lowest BCUT2D eigenvalue weighted by atomic mass is 9.88. The third-order valence-corrected chi connectivity index (χ3v) is 3.72. The molecule has 1 atom stereocenters. The Hall–Kier alpha value is -1.84. The molecule has 2 aromatic rings. The van der Waals surface area contributed by atoms with E-state index in [-0.39, 0.29) is 6.42 Å². The molecule has 0 bridgehead atoms. The normalized spacial score (nSPS) is 13.7. The van der Waals surface area contributed by atoms with Crippen molar-refractivity contribution in [3.63, 3.8) is 0 Å². The minimum Gasteiger partial charge on any atom is -0.479 e. The highest BCUT2D eigenvalue weighted by Crippen LogP contribution is 2.30. The van der Waals surface area contributed by atoms with Gasteiger partial charge in [-0.15, -0.1) is 0 Å². The zero-order valence-corrected chi connectivity index (χ0v) is 12.5. The molecule has 0 saturated carbocycles. The lowest BCUT2D eigenvalue weighted by Crippen LogP contribution is -2.35. The van der Waals surface area contributed by atoms with E-state index in [1.165, 1.54) is 0 Å². The van der Waals surface area contributed by atoms with Crippen LogP contribution in [0.25, 0.3) is 11.1 Å².